The number of hydrogen-bond donors (Lipinski definition) is 2. The molecular weight excluding hydrogens is 478 g/mol. The van der Waals surface area contributed by atoms with Crippen LogP contribution in [0.2, 0.25) is 0 Å². The van der Waals surface area contributed by atoms with Gasteiger partial charge in [0, 0.05) is 17.5 Å². The van der Waals surface area contributed by atoms with Crippen LogP contribution in [-0.4, -0.2) is 29.9 Å². The van der Waals surface area contributed by atoms with E-state index >= 15 is 0 Å². The Morgan fingerprint density at radius 3 is 2.47 bits per heavy atom. The van der Waals surface area contributed by atoms with Crippen LogP contribution < -0.4 is 19.6 Å². The van der Waals surface area contributed by atoms with E-state index in [1.54, 1.807) is 0 Å². The van der Waals surface area contributed by atoms with E-state index in [1.165, 1.54) is 61.9 Å². The van der Waals surface area contributed by atoms with Crippen LogP contribution in [0, 0.1) is 0 Å². The Hall–Kier alpha value is -4.60. The number of esters is 1. The molecule has 0 fully saturated rings. The Balaban J connectivity index is 1.70. The maximum Gasteiger partial charge on any atom is 0.387 e. The predicted molar refractivity (Wildman–Crippen MR) is 123 cm³/mol. The van der Waals surface area contributed by atoms with Crippen molar-refractivity contribution in [2.24, 2.45) is 0 Å². The van der Waals surface area contributed by atoms with E-state index in [2.05, 4.69) is 4.74 Å². The summed E-state index contributed by atoms with van der Waals surface area (Å²) in [5, 5.41) is 20.1. The van der Waals surface area contributed by atoms with Crippen molar-refractivity contribution >= 4 is 16.9 Å². The lowest BCUT2D eigenvalue weighted by Gasteiger charge is -2.26. The predicted octanol–water partition coefficient (Wildman–Crippen LogP) is 4.92. The van der Waals surface area contributed by atoms with Crippen molar-refractivity contribution < 1.29 is 42.4 Å². The van der Waals surface area contributed by atoms with E-state index in [9.17, 15) is 28.6 Å². The summed E-state index contributed by atoms with van der Waals surface area (Å²) in [6, 6.07) is 11.3. The highest BCUT2D eigenvalue weighted by molar-refractivity contribution is 5.94. The normalized spacial score (nSPS) is 15.0. The molecule has 0 spiro atoms. The highest BCUT2D eigenvalue weighted by atomic mass is 19.3. The van der Waals surface area contributed by atoms with Crippen LogP contribution >= 0.6 is 0 Å². The molecule has 10 heteroatoms. The standard InChI is InChI=1S/C26H18F2O8/c1-33-19-8-13(4-7-18(19)36-26(27)28)15-9-21(31)35-20-10-17(30)23-24(32)16(11-34-25(23)22(15)20)12-2-5-14(29)6-3-12/h2-8,10-11,15,26,29-30H,9H2,1H3. The minimum atomic E-state index is -3.06. The smallest absolute Gasteiger partial charge is 0.387 e. The number of phenols is 2. The molecule has 0 saturated heterocycles. The molecule has 36 heavy (non-hydrogen) atoms. The Morgan fingerprint density at radius 2 is 1.78 bits per heavy atom. The third-order valence-corrected chi connectivity index (χ3v) is 5.95. The third-order valence-electron chi connectivity index (χ3n) is 5.95. The number of hydrogen-bond acceptors (Lipinski definition) is 8. The maximum absolute atomic E-state index is 13.4. The molecule has 5 rings (SSSR count). The summed E-state index contributed by atoms with van der Waals surface area (Å²) in [6.07, 6.45) is 1.08. The first-order valence-electron chi connectivity index (χ1n) is 10.7. The number of ether oxygens (including phenoxy) is 3. The number of rotatable bonds is 5. The van der Waals surface area contributed by atoms with Crippen LogP contribution in [-0.2, 0) is 4.79 Å². The molecule has 1 aliphatic heterocycles. The quantitative estimate of drug-likeness (QED) is 0.296. The van der Waals surface area contributed by atoms with Crippen LogP contribution in [0.25, 0.3) is 22.1 Å². The Kier molecular flexibility index (Phi) is 5.71. The van der Waals surface area contributed by atoms with Gasteiger partial charge in [-0.15, -0.1) is 0 Å². The zero-order chi connectivity index (χ0) is 25.6. The van der Waals surface area contributed by atoms with Gasteiger partial charge in [0.2, 0.25) is 5.43 Å². The van der Waals surface area contributed by atoms with Gasteiger partial charge in [-0.3, -0.25) is 9.59 Å². The molecule has 1 atom stereocenters. The average Bonchev–Trinajstić information content (AvgIpc) is 2.84. The molecule has 184 valence electrons. The van der Waals surface area contributed by atoms with Crippen molar-refractivity contribution in [3.8, 4) is 39.9 Å². The number of carbonyl (C=O) groups excluding carboxylic acids is 1. The second-order valence-corrected chi connectivity index (χ2v) is 8.06. The SMILES string of the molecule is COc1cc(C2CC(=O)Oc3cc(O)c4c(=O)c(-c5ccc(O)cc5)coc4c32)ccc1OC(F)F. The van der Waals surface area contributed by atoms with Gasteiger partial charge in [0.05, 0.1) is 19.1 Å². The monoisotopic (exact) mass is 496 g/mol. The summed E-state index contributed by atoms with van der Waals surface area (Å²) >= 11 is 0. The van der Waals surface area contributed by atoms with E-state index in [1.807, 2.05) is 0 Å². The number of methoxy groups -OCH3 is 1. The number of halogens is 2. The zero-order valence-corrected chi connectivity index (χ0v) is 18.7. The van der Waals surface area contributed by atoms with Gasteiger partial charge >= 0.3 is 12.6 Å². The van der Waals surface area contributed by atoms with Gasteiger partial charge in [-0.25, -0.2) is 0 Å². The Labute approximate surface area is 201 Å². The first-order valence-corrected chi connectivity index (χ1v) is 10.7. The van der Waals surface area contributed by atoms with Gasteiger partial charge in [0.1, 0.15) is 34.5 Å². The van der Waals surface area contributed by atoms with E-state index in [-0.39, 0.29) is 46.0 Å². The van der Waals surface area contributed by atoms with E-state index in [0.717, 1.165) is 0 Å². The molecule has 0 saturated carbocycles. The third kappa shape index (κ3) is 3.96. The molecule has 0 amide bonds. The van der Waals surface area contributed by atoms with Gasteiger partial charge < -0.3 is 28.8 Å². The van der Waals surface area contributed by atoms with E-state index in [4.69, 9.17) is 13.9 Å². The zero-order valence-electron chi connectivity index (χ0n) is 18.7. The minimum Gasteiger partial charge on any atom is -0.508 e. The fraction of sp³-hybridized carbons (Fsp3) is 0.154. The minimum absolute atomic E-state index is 0.00802. The molecule has 1 aliphatic rings. The largest absolute Gasteiger partial charge is 0.508 e. The highest BCUT2D eigenvalue weighted by Crippen LogP contribution is 2.47. The molecule has 1 unspecified atom stereocenters. The molecule has 4 aromatic rings. The lowest BCUT2D eigenvalue weighted by atomic mass is 9.84. The van der Waals surface area contributed by atoms with Crippen LogP contribution in [0.1, 0.15) is 23.5 Å². The topological polar surface area (TPSA) is 115 Å². The van der Waals surface area contributed by atoms with Gasteiger partial charge in [-0.2, -0.15) is 8.78 Å². The van der Waals surface area contributed by atoms with E-state index in [0.29, 0.717) is 16.7 Å². The Morgan fingerprint density at radius 1 is 1.03 bits per heavy atom. The van der Waals surface area contributed by atoms with Crippen molar-refractivity contribution in [2.75, 3.05) is 7.11 Å². The fourth-order valence-corrected chi connectivity index (χ4v) is 4.35. The summed E-state index contributed by atoms with van der Waals surface area (Å²) in [5.74, 6) is -1.88. The summed E-state index contributed by atoms with van der Waals surface area (Å²) in [4.78, 5) is 25.8. The van der Waals surface area contributed by atoms with Crippen molar-refractivity contribution in [3.05, 3.63) is 76.1 Å². The highest BCUT2D eigenvalue weighted by Gasteiger charge is 2.34. The molecule has 2 heterocycles. The number of carbonyl (C=O) groups is 1. The summed E-state index contributed by atoms with van der Waals surface area (Å²) < 4.78 is 46.3. The van der Waals surface area contributed by atoms with Crippen molar-refractivity contribution in [1.29, 1.82) is 0 Å². The van der Waals surface area contributed by atoms with Crippen molar-refractivity contribution in [1.82, 2.24) is 0 Å². The molecule has 2 N–H and O–H groups in total. The molecule has 0 aliphatic carbocycles. The average molecular weight is 496 g/mol. The fourth-order valence-electron chi connectivity index (χ4n) is 4.35. The van der Waals surface area contributed by atoms with Crippen LogP contribution in [0.4, 0.5) is 8.78 Å². The number of phenolic OH excluding ortho intramolecular Hbond substituents is 2. The van der Waals surface area contributed by atoms with Crippen LogP contribution in [0.5, 0.6) is 28.7 Å². The summed E-state index contributed by atoms with van der Waals surface area (Å²) in [7, 11) is 1.29. The van der Waals surface area contributed by atoms with Crippen molar-refractivity contribution in [3.63, 3.8) is 0 Å². The molecule has 0 bridgehead atoms. The lowest BCUT2D eigenvalue weighted by molar-refractivity contribution is -0.135. The summed E-state index contributed by atoms with van der Waals surface area (Å²) in [5.41, 5.74) is 0.920. The molecule has 1 aromatic heterocycles. The van der Waals surface area contributed by atoms with Gasteiger partial charge in [-0.1, -0.05) is 18.2 Å². The molecule has 8 nitrogen and oxygen atoms in total. The second kappa shape index (κ2) is 8.88. The van der Waals surface area contributed by atoms with Crippen molar-refractivity contribution in [2.45, 2.75) is 19.0 Å². The number of alkyl halides is 2. The first kappa shape index (κ1) is 23.2. The maximum atomic E-state index is 13.4. The molecule has 3 aromatic carbocycles. The number of benzene rings is 3. The lowest BCUT2D eigenvalue weighted by Crippen LogP contribution is -2.22. The Bertz CT molecular complexity index is 1540. The first-order chi connectivity index (χ1) is 17.3. The molecular formula is C26H18F2O8. The summed E-state index contributed by atoms with van der Waals surface area (Å²) in [6.45, 7) is -3.06. The van der Waals surface area contributed by atoms with E-state index < -0.39 is 29.7 Å². The number of aromatic hydroxyl groups is 2. The van der Waals surface area contributed by atoms with Crippen LogP contribution in [0.15, 0.2) is 64.0 Å². The number of fused-ring (bicyclic) bond motifs is 3. The van der Waals surface area contributed by atoms with Gasteiger partial charge in [0.15, 0.2) is 11.5 Å². The second-order valence-electron chi connectivity index (χ2n) is 8.06. The van der Waals surface area contributed by atoms with Gasteiger partial charge in [0.25, 0.3) is 0 Å². The molecule has 0 radical (unpaired) electrons. The van der Waals surface area contributed by atoms with Crippen LogP contribution in [0.3, 0.4) is 0 Å². The van der Waals surface area contributed by atoms with Gasteiger partial charge in [-0.05, 0) is 35.4 Å².